The van der Waals surface area contributed by atoms with E-state index in [2.05, 4.69) is 0 Å². The van der Waals surface area contributed by atoms with Crippen LogP contribution in [0.4, 0.5) is 0 Å². The number of allylic oxidation sites excluding steroid dienone is 2. The van der Waals surface area contributed by atoms with Gasteiger partial charge in [-0.2, -0.15) is 0 Å². The summed E-state index contributed by atoms with van der Waals surface area (Å²) in [6, 6.07) is 0. The highest BCUT2D eigenvalue weighted by molar-refractivity contribution is 4.93. The minimum Gasteiger partial charge on any atom is -0.506 e. The molecule has 0 heterocycles. The van der Waals surface area contributed by atoms with Crippen molar-refractivity contribution in [3.05, 3.63) is 24.0 Å². The van der Waals surface area contributed by atoms with Crippen molar-refractivity contribution < 1.29 is 14.6 Å². The Morgan fingerprint density at radius 3 is 2.54 bits per heavy atom. The van der Waals surface area contributed by atoms with Crippen LogP contribution in [0.3, 0.4) is 0 Å². The fourth-order valence-electron chi connectivity index (χ4n) is 0.654. The van der Waals surface area contributed by atoms with Crippen molar-refractivity contribution in [2.24, 2.45) is 0 Å². The lowest BCUT2D eigenvalue weighted by atomic mass is 10.4. The van der Waals surface area contributed by atoms with Gasteiger partial charge < -0.3 is 14.6 Å². The Morgan fingerprint density at radius 2 is 2.08 bits per heavy atom. The summed E-state index contributed by atoms with van der Waals surface area (Å²) in [5.41, 5.74) is 0. The van der Waals surface area contributed by atoms with Gasteiger partial charge in [-0.3, -0.25) is 0 Å². The smallest absolute Gasteiger partial charge is 0.323 e. The number of ether oxygens (including phenoxy) is 2. The Kier molecular flexibility index (Phi) is 6.88. The molecule has 0 aromatic heterocycles. The summed E-state index contributed by atoms with van der Waals surface area (Å²) in [6.07, 6.45) is 4.62. The van der Waals surface area contributed by atoms with Crippen molar-refractivity contribution in [1.82, 2.24) is 0 Å². The molecule has 0 aromatic carbocycles. The van der Waals surface area contributed by atoms with Gasteiger partial charge in [0.25, 0.3) is 0 Å². The zero-order chi connectivity index (χ0) is 10.1. The summed E-state index contributed by atoms with van der Waals surface area (Å²) in [4.78, 5) is 0. The molecule has 0 aliphatic heterocycles. The van der Waals surface area contributed by atoms with Crippen molar-refractivity contribution in [2.45, 2.75) is 33.6 Å². The van der Waals surface area contributed by atoms with Gasteiger partial charge in [0.2, 0.25) is 0 Å². The average Bonchev–Trinajstić information content (AvgIpc) is 2.17. The van der Waals surface area contributed by atoms with E-state index in [-0.39, 0.29) is 11.7 Å². The van der Waals surface area contributed by atoms with Crippen molar-refractivity contribution in [1.29, 1.82) is 0 Å². The zero-order valence-corrected chi connectivity index (χ0v) is 8.54. The molecule has 0 atom stereocenters. The number of aliphatic hydroxyl groups excluding tert-OH is 1. The van der Waals surface area contributed by atoms with E-state index in [1.807, 2.05) is 20.8 Å². The van der Waals surface area contributed by atoms with E-state index in [0.717, 1.165) is 6.42 Å². The van der Waals surface area contributed by atoms with Crippen LogP contribution < -0.4 is 0 Å². The van der Waals surface area contributed by atoms with Crippen LogP contribution in [0.25, 0.3) is 0 Å². The number of aliphatic hydroxyl groups is 1. The summed E-state index contributed by atoms with van der Waals surface area (Å²) < 4.78 is 10.3. The van der Waals surface area contributed by atoms with Crippen LogP contribution in [-0.4, -0.2) is 11.7 Å². The lowest BCUT2D eigenvalue weighted by Gasteiger charge is -2.09. The first kappa shape index (κ1) is 11.9. The minimum absolute atomic E-state index is 0.145. The van der Waals surface area contributed by atoms with E-state index in [4.69, 9.17) is 9.47 Å². The Labute approximate surface area is 79.7 Å². The van der Waals surface area contributed by atoms with Crippen LogP contribution in [0.1, 0.15) is 33.6 Å². The van der Waals surface area contributed by atoms with Crippen LogP contribution in [-0.2, 0) is 9.47 Å². The minimum atomic E-state index is 0.145. The Balaban J connectivity index is 4.18. The maximum absolute atomic E-state index is 9.37. The molecule has 0 amide bonds. The molecule has 0 aliphatic rings. The highest BCUT2D eigenvalue weighted by atomic mass is 16.7. The molecule has 13 heavy (non-hydrogen) atoms. The third-order valence-electron chi connectivity index (χ3n) is 1.32. The molecule has 0 saturated heterocycles. The second kappa shape index (κ2) is 7.53. The van der Waals surface area contributed by atoms with Crippen molar-refractivity contribution >= 4 is 0 Å². The quantitative estimate of drug-likeness (QED) is 0.648. The van der Waals surface area contributed by atoms with Crippen LogP contribution in [0.5, 0.6) is 0 Å². The highest BCUT2D eigenvalue weighted by Gasteiger charge is 2.04. The van der Waals surface area contributed by atoms with E-state index >= 15 is 0 Å². The number of hydrogen-bond donors (Lipinski definition) is 1. The van der Waals surface area contributed by atoms with Gasteiger partial charge in [-0.05, 0) is 13.3 Å². The lowest BCUT2D eigenvalue weighted by Crippen LogP contribution is -2.00. The molecule has 0 saturated carbocycles. The van der Waals surface area contributed by atoms with Gasteiger partial charge in [-0.25, -0.2) is 0 Å². The first-order chi connectivity index (χ1) is 6.26. The molecule has 0 radical (unpaired) electrons. The van der Waals surface area contributed by atoms with Gasteiger partial charge >= 0.3 is 5.95 Å². The van der Waals surface area contributed by atoms with Gasteiger partial charge in [0, 0.05) is 6.42 Å². The van der Waals surface area contributed by atoms with Gasteiger partial charge in [0.1, 0.15) is 0 Å². The standard InChI is InChI=1S/C10H18O3/c1-4-7-12-10(9(11)6-3)13-8-5-2/h4,7,11H,5-6,8H2,1-3H3. The SMILES string of the molecule is CC=COC(OCCC)=C(O)CC. The molecule has 3 heteroatoms. The molecule has 0 aromatic rings. The average molecular weight is 186 g/mol. The maximum atomic E-state index is 9.37. The van der Waals surface area contributed by atoms with E-state index in [0.29, 0.717) is 13.0 Å². The maximum Gasteiger partial charge on any atom is 0.323 e. The molecule has 1 N–H and O–H groups in total. The zero-order valence-electron chi connectivity index (χ0n) is 8.54. The lowest BCUT2D eigenvalue weighted by molar-refractivity contribution is 0.0623. The predicted octanol–water partition coefficient (Wildman–Crippen LogP) is 3.10. The van der Waals surface area contributed by atoms with Crippen LogP contribution in [0.15, 0.2) is 24.0 Å². The largest absolute Gasteiger partial charge is 0.506 e. The molecule has 0 fully saturated rings. The van der Waals surface area contributed by atoms with Crippen LogP contribution >= 0.6 is 0 Å². The molecule has 0 bridgehead atoms. The Hall–Kier alpha value is -1.12. The first-order valence-corrected chi connectivity index (χ1v) is 4.58. The Bertz CT molecular complexity index is 183. The molecule has 0 aliphatic carbocycles. The van der Waals surface area contributed by atoms with Crippen LogP contribution in [0.2, 0.25) is 0 Å². The van der Waals surface area contributed by atoms with Gasteiger partial charge in [-0.15, -0.1) is 0 Å². The number of rotatable bonds is 6. The summed E-state index contributed by atoms with van der Waals surface area (Å²) in [7, 11) is 0. The molecule has 0 spiro atoms. The van der Waals surface area contributed by atoms with Crippen molar-refractivity contribution in [3.8, 4) is 0 Å². The van der Waals surface area contributed by atoms with Gasteiger partial charge in [0.15, 0.2) is 5.76 Å². The Morgan fingerprint density at radius 1 is 1.38 bits per heavy atom. The molecule has 0 rings (SSSR count). The van der Waals surface area contributed by atoms with E-state index in [1.165, 1.54) is 6.26 Å². The summed E-state index contributed by atoms with van der Waals surface area (Å²) in [5, 5.41) is 9.37. The van der Waals surface area contributed by atoms with Gasteiger partial charge in [0.05, 0.1) is 12.9 Å². The van der Waals surface area contributed by atoms with Gasteiger partial charge in [-0.1, -0.05) is 19.9 Å². The summed E-state index contributed by atoms with van der Waals surface area (Å²) in [6.45, 7) is 6.22. The van der Waals surface area contributed by atoms with Crippen molar-refractivity contribution in [3.63, 3.8) is 0 Å². The molecule has 3 nitrogen and oxygen atoms in total. The van der Waals surface area contributed by atoms with E-state index < -0.39 is 0 Å². The molecule has 0 unspecified atom stereocenters. The fourth-order valence-corrected chi connectivity index (χ4v) is 0.654. The normalized spacial score (nSPS) is 12.8. The predicted molar refractivity (Wildman–Crippen MR) is 52.1 cm³/mol. The van der Waals surface area contributed by atoms with E-state index in [1.54, 1.807) is 6.08 Å². The van der Waals surface area contributed by atoms with E-state index in [9.17, 15) is 5.11 Å². The second-order valence-corrected chi connectivity index (χ2v) is 2.52. The first-order valence-electron chi connectivity index (χ1n) is 4.58. The summed E-state index contributed by atoms with van der Waals surface area (Å²) in [5.74, 6) is 0.356. The van der Waals surface area contributed by atoms with Crippen LogP contribution in [0, 0.1) is 0 Å². The monoisotopic (exact) mass is 186 g/mol. The highest BCUT2D eigenvalue weighted by Crippen LogP contribution is 2.09. The second-order valence-electron chi connectivity index (χ2n) is 2.52. The number of hydrogen-bond acceptors (Lipinski definition) is 3. The third-order valence-corrected chi connectivity index (χ3v) is 1.32. The molecule has 76 valence electrons. The third kappa shape index (κ3) is 5.17. The molecular weight excluding hydrogens is 168 g/mol. The molecular formula is C10H18O3. The van der Waals surface area contributed by atoms with Crippen molar-refractivity contribution in [2.75, 3.05) is 6.61 Å². The fraction of sp³-hybridized carbons (Fsp3) is 0.600. The topological polar surface area (TPSA) is 38.7 Å². The summed E-state index contributed by atoms with van der Waals surface area (Å²) >= 11 is 0.